The Labute approximate surface area is 104 Å². The van der Waals surface area contributed by atoms with Gasteiger partial charge in [-0.05, 0) is 24.8 Å². The molecule has 0 aliphatic carbocycles. The monoisotopic (exact) mass is 234 g/mol. The molecule has 1 heterocycles. The van der Waals surface area contributed by atoms with E-state index in [1.54, 1.807) is 0 Å². The van der Waals surface area contributed by atoms with Gasteiger partial charge in [0.05, 0.1) is 6.10 Å². The Bertz CT molecular complexity index is 343. The van der Waals surface area contributed by atoms with Gasteiger partial charge in [0.25, 0.3) is 0 Å². The maximum absolute atomic E-state index is 6.21. The molecule has 2 nitrogen and oxygen atoms in total. The van der Waals surface area contributed by atoms with Crippen LogP contribution in [0.5, 0.6) is 0 Å². The lowest BCUT2D eigenvalue weighted by Gasteiger charge is -2.25. The van der Waals surface area contributed by atoms with Crippen LogP contribution < -0.4 is 0 Å². The van der Waals surface area contributed by atoms with Gasteiger partial charge in [0.1, 0.15) is 6.10 Å². The lowest BCUT2D eigenvalue weighted by molar-refractivity contribution is -0.179. The van der Waals surface area contributed by atoms with E-state index in [0.29, 0.717) is 0 Å². The fourth-order valence-electron chi connectivity index (χ4n) is 2.48. The predicted molar refractivity (Wildman–Crippen MR) is 68.7 cm³/mol. The van der Waals surface area contributed by atoms with E-state index in [2.05, 4.69) is 45.0 Å². The second-order valence-corrected chi connectivity index (χ2v) is 4.63. The minimum absolute atomic E-state index is 0.0844. The number of ether oxygens (including phenoxy) is 2. The lowest BCUT2D eigenvalue weighted by Crippen LogP contribution is -2.28. The number of benzene rings is 1. The first kappa shape index (κ1) is 12.6. The van der Waals surface area contributed by atoms with Crippen molar-refractivity contribution in [2.75, 3.05) is 0 Å². The van der Waals surface area contributed by atoms with Crippen LogP contribution in [0.15, 0.2) is 30.3 Å². The second kappa shape index (κ2) is 5.19. The van der Waals surface area contributed by atoms with Crippen LogP contribution in [0, 0.1) is 0 Å². The van der Waals surface area contributed by atoms with E-state index in [-0.39, 0.29) is 18.0 Å². The SMILES string of the molecule is CCC1OC(CC)(CC)OC1c1ccccc1. The molecule has 0 spiro atoms. The van der Waals surface area contributed by atoms with E-state index < -0.39 is 0 Å². The molecule has 1 fully saturated rings. The van der Waals surface area contributed by atoms with Crippen LogP contribution in [0.1, 0.15) is 51.7 Å². The van der Waals surface area contributed by atoms with Gasteiger partial charge in [0.2, 0.25) is 0 Å². The van der Waals surface area contributed by atoms with E-state index in [9.17, 15) is 0 Å². The molecule has 2 heteroatoms. The Morgan fingerprint density at radius 1 is 1.00 bits per heavy atom. The van der Waals surface area contributed by atoms with Crippen LogP contribution in [-0.2, 0) is 9.47 Å². The van der Waals surface area contributed by atoms with Crippen molar-refractivity contribution >= 4 is 0 Å². The van der Waals surface area contributed by atoms with Crippen LogP contribution in [0.4, 0.5) is 0 Å². The second-order valence-electron chi connectivity index (χ2n) is 4.63. The molecule has 2 atom stereocenters. The standard InChI is InChI=1S/C15H22O2/c1-4-13-14(12-10-8-7-9-11-12)17-15(5-2,6-3)16-13/h7-11,13-14H,4-6H2,1-3H3. The van der Waals surface area contributed by atoms with Crippen LogP contribution >= 0.6 is 0 Å². The van der Waals surface area contributed by atoms with Crippen molar-refractivity contribution in [2.24, 2.45) is 0 Å². The molecule has 1 aromatic rings. The maximum Gasteiger partial charge on any atom is 0.169 e. The summed E-state index contributed by atoms with van der Waals surface area (Å²) in [5.74, 6) is -0.374. The molecule has 1 aliphatic heterocycles. The predicted octanol–water partition coefficient (Wildman–Crippen LogP) is 4.07. The molecule has 0 saturated carbocycles. The van der Waals surface area contributed by atoms with Crippen LogP contribution in [-0.4, -0.2) is 11.9 Å². The fraction of sp³-hybridized carbons (Fsp3) is 0.600. The van der Waals surface area contributed by atoms with Crippen molar-refractivity contribution in [1.82, 2.24) is 0 Å². The third-order valence-corrected chi connectivity index (χ3v) is 3.65. The summed E-state index contributed by atoms with van der Waals surface area (Å²) in [5.41, 5.74) is 1.23. The third-order valence-electron chi connectivity index (χ3n) is 3.65. The highest BCUT2D eigenvalue weighted by Gasteiger charge is 2.44. The molecule has 0 N–H and O–H groups in total. The van der Waals surface area contributed by atoms with Gasteiger partial charge in [-0.3, -0.25) is 0 Å². The van der Waals surface area contributed by atoms with Crippen molar-refractivity contribution in [3.63, 3.8) is 0 Å². The Morgan fingerprint density at radius 3 is 2.18 bits per heavy atom. The number of hydrogen-bond donors (Lipinski definition) is 0. The summed E-state index contributed by atoms with van der Waals surface area (Å²) >= 11 is 0. The van der Waals surface area contributed by atoms with Crippen molar-refractivity contribution < 1.29 is 9.47 Å². The van der Waals surface area contributed by atoms with Crippen molar-refractivity contribution in [2.45, 2.75) is 58.0 Å². The summed E-state index contributed by atoms with van der Waals surface area (Å²) in [7, 11) is 0. The minimum atomic E-state index is -0.374. The van der Waals surface area contributed by atoms with Gasteiger partial charge in [-0.1, -0.05) is 51.1 Å². The van der Waals surface area contributed by atoms with Gasteiger partial charge in [-0.2, -0.15) is 0 Å². The molecule has 0 aromatic heterocycles. The molecule has 1 aromatic carbocycles. The molecule has 17 heavy (non-hydrogen) atoms. The summed E-state index contributed by atoms with van der Waals surface area (Å²) in [6, 6.07) is 10.4. The Morgan fingerprint density at radius 2 is 1.65 bits per heavy atom. The molecule has 1 saturated heterocycles. The Balaban J connectivity index is 2.23. The molecule has 2 rings (SSSR count). The first-order valence-electron chi connectivity index (χ1n) is 6.65. The van der Waals surface area contributed by atoms with Crippen LogP contribution in [0.25, 0.3) is 0 Å². The van der Waals surface area contributed by atoms with Crippen molar-refractivity contribution in [3.8, 4) is 0 Å². The first-order chi connectivity index (χ1) is 8.24. The molecule has 0 amide bonds. The summed E-state index contributed by atoms with van der Waals surface area (Å²) in [6.07, 6.45) is 3.06. The molecule has 0 radical (unpaired) electrons. The Hall–Kier alpha value is -0.860. The topological polar surface area (TPSA) is 18.5 Å². The van der Waals surface area contributed by atoms with Crippen LogP contribution in [0.2, 0.25) is 0 Å². The molecule has 2 unspecified atom stereocenters. The molecular formula is C15H22O2. The highest BCUT2D eigenvalue weighted by molar-refractivity contribution is 5.19. The van der Waals surface area contributed by atoms with Crippen LogP contribution in [0.3, 0.4) is 0 Å². The summed E-state index contributed by atoms with van der Waals surface area (Å²) in [5, 5.41) is 0. The molecule has 94 valence electrons. The maximum atomic E-state index is 6.21. The van der Waals surface area contributed by atoms with Crippen molar-refractivity contribution in [1.29, 1.82) is 0 Å². The third kappa shape index (κ3) is 2.38. The summed E-state index contributed by atoms with van der Waals surface area (Å²) in [6.45, 7) is 6.42. The quantitative estimate of drug-likeness (QED) is 0.782. The lowest BCUT2D eigenvalue weighted by atomic mass is 10.0. The molecule has 0 bridgehead atoms. The van der Waals surface area contributed by atoms with Gasteiger partial charge in [0.15, 0.2) is 5.79 Å². The van der Waals surface area contributed by atoms with E-state index in [0.717, 1.165) is 19.3 Å². The van der Waals surface area contributed by atoms with Gasteiger partial charge in [-0.25, -0.2) is 0 Å². The van der Waals surface area contributed by atoms with Crippen molar-refractivity contribution in [3.05, 3.63) is 35.9 Å². The number of rotatable bonds is 4. The minimum Gasteiger partial charge on any atom is -0.344 e. The average Bonchev–Trinajstić information content (AvgIpc) is 2.79. The highest BCUT2D eigenvalue weighted by Crippen LogP contribution is 2.43. The van der Waals surface area contributed by atoms with Gasteiger partial charge < -0.3 is 9.47 Å². The normalized spacial score (nSPS) is 27.2. The highest BCUT2D eigenvalue weighted by atomic mass is 16.8. The van der Waals surface area contributed by atoms with E-state index >= 15 is 0 Å². The first-order valence-corrected chi connectivity index (χ1v) is 6.65. The van der Waals surface area contributed by atoms with Gasteiger partial charge in [0, 0.05) is 0 Å². The van der Waals surface area contributed by atoms with E-state index in [1.807, 2.05) is 6.07 Å². The van der Waals surface area contributed by atoms with E-state index in [1.165, 1.54) is 5.56 Å². The van der Waals surface area contributed by atoms with Gasteiger partial charge in [-0.15, -0.1) is 0 Å². The van der Waals surface area contributed by atoms with Gasteiger partial charge >= 0.3 is 0 Å². The summed E-state index contributed by atoms with van der Waals surface area (Å²) in [4.78, 5) is 0. The Kier molecular flexibility index (Phi) is 3.85. The smallest absolute Gasteiger partial charge is 0.169 e. The molecule has 1 aliphatic rings. The molecular weight excluding hydrogens is 212 g/mol. The summed E-state index contributed by atoms with van der Waals surface area (Å²) < 4.78 is 12.4. The zero-order chi connectivity index (χ0) is 12.3. The zero-order valence-corrected chi connectivity index (χ0v) is 11.0. The van der Waals surface area contributed by atoms with E-state index in [4.69, 9.17) is 9.47 Å². The number of hydrogen-bond acceptors (Lipinski definition) is 2. The average molecular weight is 234 g/mol. The largest absolute Gasteiger partial charge is 0.344 e. The zero-order valence-electron chi connectivity index (χ0n) is 11.0. The fourth-order valence-corrected chi connectivity index (χ4v) is 2.48.